The van der Waals surface area contributed by atoms with E-state index in [2.05, 4.69) is 59.7 Å². The summed E-state index contributed by atoms with van der Waals surface area (Å²) in [6.45, 7) is 3.27. The Bertz CT molecular complexity index is 453. The molecule has 1 N–H and O–H groups in total. The van der Waals surface area contributed by atoms with Gasteiger partial charge in [0.15, 0.2) is 0 Å². The number of aryl methyl sites for hydroxylation is 1. The second-order valence-corrected chi connectivity index (χ2v) is 4.81. The molecule has 0 amide bonds. The van der Waals surface area contributed by atoms with Gasteiger partial charge in [0.25, 0.3) is 0 Å². The van der Waals surface area contributed by atoms with Crippen molar-refractivity contribution in [2.24, 2.45) is 0 Å². The third kappa shape index (κ3) is 4.49. The van der Waals surface area contributed by atoms with Gasteiger partial charge in [0.1, 0.15) is 0 Å². The van der Waals surface area contributed by atoms with Crippen molar-refractivity contribution in [2.75, 3.05) is 6.54 Å². The third-order valence-corrected chi connectivity index (χ3v) is 3.31. The standard InChI is InChI=1S/C17H22N2/c1-2-12-19-17(16-6-4-3-5-7-16)9-8-15-10-13-18-14-11-15/h3-7,10-11,13-14,17,19H,2,8-9,12H2,1H3. The van der Waals surface area contributed by atoms with Crippen molar-refractivity contribution in [3.05, 3.63) is 66.0 Å². The number of benzene rings is 1. The zero-order valence-electron chi connectivity index (χ0n) is 11.5. The van der Waals surface area contributed by atoms with Crippen LogP contribution in [0.4, 0.5) is 0 Å². The van der Waals surface area contributed by atoms with E-state index in [-0.39, 0.29) is 0 Å². The molecule has 19 heavy (non-hydrogen) atoms. The molecule has 0 aliphatic rings. The molecule has 0 saturated carbocycles. The molecular weight excluding hydrogens is 232 g/mol. The molecule has 1 atom stereocenters. The van der Waals surface area contributed by atoms with Crippen molar-refractivity contribution in [3.63, 3.8) is 0 Å². The fourth-order valence-corrected chi connectivity index (χ4v) is 2.25. The maximum Gasteiger partial charge on any atom is 0.0323 e. The highest BCUT2D eigenvalue weighted by Gasteiger charge is 2.09. The van der Waals surface area contributed by atoms with Gasteiger partial charge in [-0.25, -0.2) is 0 Å². The molecule has 0 aliphatic heterocycles. The molecule has 1 heterocycles. The fraction of sp³-hybridized carbons (Fsp3) is 0.353. The normalized spacial score (nSPS) is 12.3. The van der Waals surface area contributed by atoms with Crippen molar-refractivity contribution in [1.82, 2.24) is 10.3 Å². The maximum atomic E-state index is 4.06. The molecule has 0 fully saturated rings. The molecule has 2 aromatic rings. The van der Waals surface area contributed by atoms with Gasteiger partial charge in [-0.1, -0.05) is 37.3 Å². The monoisotopic (exact) mass is 254 g/mol. The summed E-state index contributed by atoms with van der Waals surface area (Å²) in [7, 11) is 0. The highest BCUT2D eigenvalue weighted by Crippen LogP contribution is 2.18. The molecule has 2 rings (SSSR count). The largest absolute Gasteiger partial charge is 0.310 e. The average Bonchev–Trinajstić information content (AvgIpc) is 2.49. The second kappa shape index (κ2) is 7.70. The van der Waals surface area contributed by atoms with E-state index in [0.717, 1.165) is 19.4 Å². The summed E-state index contributed by atoms with van der Waals surface area (Å²) in [5.74, 6) is 0. The van der Waals surface area contributed by atoms with E-state index < -0.39 is 0 Å². The minimum absolute atomic E-state index is 0.439. The zero-order valence-corrected chi connectivity index (χ0v) is 11.5. The molecule has 1 unspecified atom stereocenters. The van der Waals surface area contributed by atoms with Crippen LogP contribution in [0.1, 0.15) is 36.9 Å². The van der Waals surface area contributed by atoms with Crippen molar-refractivity contribution in [1.29, 1.82) is 0 Å². The molecule has 0 saturated heterocycles. The van der Waals surface area contributed by atoms with Crippen LogP contribution >= 0.6 is 0 Å². The SMILES string of the molecule is CCCNC(CCc1ccncc1)c1ccccc1. The Morgan fingerprint density at radius 2 is 1.79 bits per heavy atom. The molecule has 1 aromatic carbocycles. The summed E-state index contributed by atoms with van der Waals surface area (Å²) in [6, 6.07) is 15.4. The summed E-state index contributed by atoms with van der Waals surface area (Å²) in [5, 5.41) is 3.64. The van der Waals surface area contributed by atoms with Crippen LogP contribution in [0.25, 0.3) is 0 Å². The van der Waals surface area contributed by atoms with E-state index in [1.165, 1.54) is 17.5 Å². The highest BCUT2D eigenvalue weighted by atomic mass is 14.9. The van der Waals surface area contributed by atoms with Gasteiger partial charge < -0.3 is 5.32 Å². The van der Waals surface area contributed by atoms with Crippen molar-refractivity contribution >= 4 is 0 Å². The number of rotatable bonds is 7. The fourth-order valence-electron chi connectivity index (χ4n) is 2.25. The number of hydrogen-bond donors (Lipinski definition) is 1. The summed E-state index contributed by atoms with van der Waals surface area (Å²) in [5.41, 5.74) is 2.74. The summed E-state index contributed by atoms with van der Waals surface area (Å²) in [6.07, 6.45) is 7.10. The quantitative estimate of drug-likeness (QED) is 0.814. The van der Waals surface area contributed by atoms with Gasteiger partial charge in [-0.15, -0.1) is 0 Å². The average molecular weight is 254 g/mol. The van der Waals surface area contributed by atoms with Gasteiger partial charge in [-0.3, -0.25) is 4.98 Å². The van der Waals surface area contributed by atoms with Crippen LogP contribution in [-0.4, -0.2) is 11.5 Å². The van der Waals surface area contributed by atoms with Crippen molar-refractivity contribution in [2.45, 2.75) is 32.2 Å². The molecule has 0 spiro atoms. The molecule has 0 radical (unpaired) electrons. The van der Waals surface area contributed by atoms with Gasteiger partial charge in [-0.05, 0) is 49.1 Å². The lowest BCUT2D eigenvalue weighted by molar-refractivity contribution is 0.499. The van der Waals surface area contributed by atoms with E-state index in [9.17, 15) is 0 Å². The Morgan fingerprint density at radius 1 is 1.05 bits per heavy atom. The molecule has 100 valence electrons. The zero-order chi connectivity index (χ0) is 13.3. The minimum Gasteiger partial charge on any atom is -0.310 e. The number of aromatic nitrogens is 1. The number of pyridine rings is 1. The van der Waals surface area contributed by atoms with Gasteiger partial charge in [0, 0.05) is 18.4 Å². The van der Waals surface area contributed by atoms with Crippen LogP contribution in [0.3, 0.4) is 0 Å². The van der Waals surface area contributed by atoms with E-state index in [0.29, 0.717) is 6.04 Å². The van der Waals surface area contributed by atoms with E-state index in [1.54, 1.807) is 0 Å². The van der Waals surface area contributed by atoms with Crippen LogP contribution in [0.15, 0.2) is 54.9 Å². The highest BCUT2D eigenvalue weighted by molar-refractivity contribution is 5.20. The van der Waals surface area contributed by atoms with Crippen molar-refractivity contribution in [3.8, 4) is 0 Å². The van der Waals surface area contributed by atoms with E-state index in [4.69, 9.17) is 0 Å². The van der Waals surface area contributed by atoms with Gasteiger partial charge in [0.05, 0.1) is 0 Å². The second-order valence-electron chi connectivity index (χ2n) is 4.81. The van der Waals surface area contributed by atoms with Gasteiger partial charge in [-0.2, -0.15) is 0 Å². The lowest BCUT2D eigenvalue weighted by atomic mass is 9.99. The Balaban J connectivity index is 1.98. The molecule has 2 heteroatoms. The lowest BCUT2D eigenvalue weighted by Gasteiger charge is -2.19. The summed E-state index contributed by atoms with van der Waals surface area (Å²) in [4.78, 5) is 4.06. The molecule has 2 nitrogen and oxygen atoms in total. The lowest BCUT2D eigenvalue weighted by Crippen LogP contribution is -2.22. The smallest absolute Gasteiger partial charge is 0.0323 e. The topological polar surface area (TPSA) is 24.9 Å². The Hall–Kier alpha value is -1.67. The van der Waals surface area contributed by atoms with Crippen LogP contribution in [-0.2, 0) is 6.42 Å². The number of hydrogen-bond acceptors (Lipinski definition) is 2. The van der Waals surface area contributed by atoms with E-state index in [1.807, 2.05) is 12.4 Å². The molecular formula is C17H22N2. The molecule has 0 bridgehead atoms. The van der Waals surface area contributed by atoms with E-state index >= 15 is 0 Å². The van der Waals surface area contributed by atoms with Crippen LogP contribution in [0.5, 0.6) is 0 Å². The van der Waals surface area contributed by atoms with Crippen LogP contribution in [0.2, 0.25) is 0 Å². The number of nitrogens with zero attached hydrogens (tertiary/aromatic N) is 1. The van der Waals surface area contributed by atoms with Gasteiger partial charge >= 0.3 is 0 Å². The number of nitrogens with one attached hydrogen (secondary N) is 1. The minimum atomic E-state index is 0.439. The predicted octanol–water partition coefficient (Wildman–Crippen LogP) is 3.76. The first kappa shape index (κ1) is 13.8. The van der Waals surface area contributed by atoms with Crippen LogP contribution in [0, 0.1) is 0 Å². The third-order valence-electron chi connectivity index (χ3n) is 3.31. The first-order valence-corrected chi connectivity index (χ1v) is 7.07. The first-order valence-electron chi connectivity index (χ1n) is 7.07. The molecule has 1 aromatic heterocycles. The Morgan fingerprint density at radius 3 is 2.47 bits per heavy atom. The molecule has 0 aliphatic carbocycles. The van der Waals surface area contributed by atoms with Crippen molar-refractivity contribution < 1.29 is 0 Å². The predicted molar refractivity (Wildman–Crippen MR) is 80.0 cm³/mol. The van der Waals surface area contributed by atoms with Gasteiger partial charge in [0.2, 0.25) is 0 Å². The maximum absolute atomic E-state index is 4.06. The first-order chi connectivity index (χ1) is 9.40. The Labute approximate surface area is 115 Å². The summed E-state index contributed by atoms with van der Waals surface area (Å²) < 4.78 is 0. The summed E-state index contributed by atoms with van der Waals surface area (Å²) >= 11 is 0. The van der Waals surface area contributed by atoms with Crippen LogP contribution < -0.4 is 5.32 Å². The Kier molecular flexibility index (Phi) is 5.57.